The molecule has 1 aliphatic rings. The predicted octanol–water partition coefficient (Wildman–Crippen LogP) is 2.28. The summed E-state index contributed by atoms with van der Waals surface area (Å²) in [6.07, 6.45) is 1.08. The third-order valence-electron chi connectivity index (χ3n) is 4.32. The Kier molecular flexibility index (Phi) is 5.27. The van der Waals surface area contributed by atoms with E-state index in [2.05, 4.69) is 0 Å². The van der Waals surface area contributed by atoms with Gasteiger partial charge in [-0.15, -0.1) is 0 Å². The first kappa shape index (κ1) is 19.0. The molecule has 1 aliphatic heterocycles. The quantitative estimate of drug-likeness (QED) is 0.783. The third kappa shape index (κ3) is 4.00. The molecule has 8 heteroatoms. The van der Waals surface area contributed by atoms with Gasteiger partial charge in [-0.2, -0.15) is 0 Å². The second-order valence-corrected chi connectivity index (χ2v) is 8.15. The van der Waals surface area contributed by atoms with E-state index in [1.165, 1.54) is 4.90 Å². The Morgan fingerprint density at radius 1 is 1.00 bits per heavy atom. The molecular formula is C19H22N2O5S. The van der Waals surface area contributed by atoms with Gasteiger partial charge in [0.2, 0.25) is 15.9 Å². The van der Waals surface area contributed by atoms with Crippen LogP contribution in [0.2, 0.25) is 0 Å². The maximum Gasteiger partial charge on any atom is 0.250 e. The lowest BCUT2D eigenvalue weighted by molar-refractivity contribution is -0.119. The lowest BCUT2D eigenvalue weighted by atomic mass is 10.2. The molecule has 3 rings (SSSR count). The standard InChI is InChI=1S/C19H22N2O5S/c1-14(19(22)20(2)15-7-5-4-6-8-15)21(27(3,23)24)16-9-10-17-18(13-16)26-12-11-25-17/h4-10,13-14H,11-12H2,1-3H3/t14-/m1/s1. The third-order valence-corrected chi connectivity index (χ3v) is 5.56. The van der Waals surface area contributed by atoms with Crippen molar-refractivity contribution in [2.24, 2.45) is 0 Å². The van der Waals surface area contributed by atoms with Crippen LogP contribution in [0.3, 0.4) is 0 Å². The van der Waals surface area contributed by atoms with E-state index in [9.17, 15) is 13.2 Å². The second kappa shape index (κ2) is 7.48. The van der Waals surface area contributed by atoms with E-state index >= 15 is 0 Å². The van der Waals surface area contributed by atoms with Gasteiger partial charge in [0.15, 0.2) is 11.5 Å². The number of rotatable bonds is 5. The summed E-state index contributed by atoms with van der Waals surface area (Å²) in [7, 11) is -2.09. The summed E-state index contributed by atoms with van der Waals surface area (Å²) in [5.41, 5.74) is 1.04. The van der Waals surface area contributed by atoms with Gasteiger partial charge in [0.05, 0.1) is 11.9 Å². The molecule has 0 N–H and O–H groups in total. The van der Waals surface area contributed by atoms with E-state index in [4.69, 9.17) is 9.47 Å². The Hall–Kier alpha value is -2.74. The molecule has 0 unspecified atom stereocenters. The molecule has 0 spiro atoms. The predicted molar refractivity (Wildman–Crippen MR) is 104 cm³/mol. The van der Waals surface area contributed by atoms with Crippen molar-refractivity contribution in [1.82, 2.24) is 0 Å². The molecule has 1 heterocycles. The van der Waals surface area contributed by atoms with Crippen molar-refractivity contribution in [3.63, 3.8) is 0 Å². The zero-order valence-electron chi connectivity index (χ0n) is 15.5. The van der Waals surface area contributed by atoms with Crippen LogP contribution < -0.4 is 18.7 Å². The Labute approximate surface area is 159 Å². The molecule has 0 saturated carbocycles. The van der Waals surface area contributed by atoms with Gasteiger partial charge in [-0.05, 0) is 31.2 Å². The van der Waals surface area contributed by atoms with Crippen molar-refractivity contribution in [2.75, 3.05) is 35.7 Å². The van der Waals surface area contributed by atoms with Crippen LogP contribution in [0.1, 0.15) is 6.92 Å². The number of likely N-dealkylation sites (N-methyl/N-ethyl adjacent to an activating group) is 1. The highest BCUT2D eigenvalue weighted by Crippen LogP contribution is 2.35. The number of carbonyl (C=O) groups is 1. The molecule has 144 valence electrons. The molecule has 2 aromatic carbocycles. The normalized spacial score (nSPS) is 14.3. The summed E-state index contributed by atoms with van der Waals surface area (Å²) in [5, 5.41) is 0. The number of fused-ring (bicyclic) bond motifs is 1. The largest absolute Gasteiger partial charge is 0.486 e. The number of hydrogen-bond donors (Lipinski definition) is 0. The topological polar surface area (TPSA) is 76.2 Å². The molecule has 0 aliphatic carbocycles. The SMILES string of the molecule is C[C@H](C(=O)N(C)c1ccccc1)N(c1ccc2c(c1)OCCO2)S(C)(=O)=O. The van der Waals surface area contributed by atoms with Crippen molar-refractivity contribution >= 4 is 27.3 Å². The number of nitrogens with zero attached hydrogens (tertiary/aromatic N) is 2. The number of amides is 1. The molecular weight excluding hydrogens is 368 g/mol. The van der Waals surface area contributed by atoms with Crippen molar-refractivity contribution in [1.29, 1.82) is 0 Å². The number of anilines is 2. The number of para-hydroxylation sites is 1. The van der Waals surface area contributed by atoms with Crippen LogP contribution in [-0.2, 0) is 14.8 Å². The summed E-state index contributed by atoms with van der Waals surface area (Å²) < 4.78 is 37.1. The van der Waals surface area contributed by atoms with Gasteiger partial charge < -0.3 is 14.4 Å². The highest BCUT2D eigenvalue weighted by atomic mass is 32.2. The lowest BCUT2D eigenvalue weighted by Crippen LogP contribution is -2.48. The maximum absolute atomic E-state index is 13.0. The average Bonchev–Trinajstić information content (AvgIpc) is 2.66. The molecule has 1 amide bonds. The highest BCUT2D eigenvalue weighted by molar-refractivity contribution is 7.92. The van der Waals surface area contributed by atoms with E-state index in [1.807, 2.05) is 18.2 Å². The fourth-order valence-electron chi connectivity index (χ4n) is 3.03. The lowest BCUT2D eigenvalue weighted by Gasteiger charge is -2.31. The van der Waals surface area contributed by atoms with Crippen LogP contribution in [0.25, 0.3) is 0 Å². The number of ether oxygens (including phenoxy) is 2. The van der Waals surface area contributed by atoms with Gasteiger partial charge in [-0.25, -0.2) is 8.42 Å². The van der Waals surface area contributed by atoms with Crippen LogP contribution in [-0.4, -0.2) is 46.9 Å². The molecule has 27 heavy (non-hydrogen) atoms. The Bertz CT molecular complexity index is 930. The number of sulfonamides is 1. The minimum absolute atomic E-state index is 0.346. The van der Waals surface area contributed by atoms with Crippen molar-refractivity contribution < 1.29 is 22.7 Å². The van der Waals surface area contributed by atoms with Gasteiger partial charge in [0.1, 0.15) is 19.3 Å². The molecule has 7 nitrogen and oxygen atoms in total. The molecule has 0 bridgehead atoms. The fraction of sp³-hybridized carbons (Fsp3) is 0.316. The van der Waals surface area contributed by atoms with Crippen molar-refractivity contribution in [3.8, 4) is 11.5 Å². The Morgan fingerprint density at radius 3 is 2.26 bits per heavy atom. The van der Waals surface area contributed by atoms with E-state index < -0.39 is 16.1 Å². The van der Waals surface area contributed by atoms with E-state index in [0.29, 0.717) is 36.1 Å². The molecule has 1 atom stereocenters. The summed E-state index contributed by atoms with van der Waals surface area (Å²) in [4.78, 5) is 14.4. The highest BCUT2D eigenvalue weighted by Gasteiger charge is 2.32. The van der Waals surface area contributed by atoms with Gasteiger partial charge >= 0.3 is 0 Å². The maximum atomic E-state index is 13.0. The van der Waals surface area contributed by atoms with Gasteiger partial charge in [-0.3, -0.25) is 9.10 Å². The summed E-state index contributed by atoms with van der Waals surface area (Å²) in [6, 6.07) is 13.0. The average molecular weight is 390 g/mol. The van der Waals surface area contributed by atoms with Gasteiger partial charge in [0, 0.05) is 18.8 Å². The van der Waals surface area contributed by atoms with Crippen LogP contribution in [0.4, 0.5) is 11.4 Å². The molecule has 0 saturated heterocycles. The minimum atomic E-state index is -3.72. The van der Waals surface area contributed by atoms with Crippen LogP contribution in [0.5, 0.6) is 11.5 Å². The van der Waals surface area contributed by atoms with Crippen LogP contribution in [0.15, 0.2) is 48.5 Å². The molecule has 0 fully saturated rings. The smallest absolute Gasteiger partial charge is 0.250 e. The van der Waals surface area contributed by atoms with Gasteiger partial charge in [0.25, 0.3) is 0 Å². The summed E-state index contributed by atoms with van der Waals surface area (Å²) in [6.45, 7) is 2.40. The van der Waals surface area contributed by atoms with Crippen molar-refractivity contribution in [2.45, 2.75) is 13.0 Å². The zero-order chi connectivity index (χ0) is 19.6. The second-order valence-electron chi connectivity index (χ2n) is 6.30. The van der Waals surface area contributed by atoms with E-state index in [0.717, 1.165) is 10.6 Å². The molecule has 0 aromatic heterocycles. The first-order valence-electron chi connectivity index (χ1n) is 8.50. The molecule has 2 aromatic rings. The van der Waals surface area contributed by atoms with Crippen molar-refractivity contribution in [3.05, 3.63) is 48.5 Å². The van der Waals surface area contributed by atoms with Crippen LogP contribution in [0, 0.1) is 0 Å². The molecule has 0 radical (unpaired) electrons. The van der Waals surface area contributed by atoms with Crippen LogP contribution >= 0.6 is 0 Å². The fourth-order valence-corrected chi connectivity index (χ4v) is 4.19. The summed E-state index contributed by atoms with van der Waals surface area (Å²) in [5.74, 6) is 0.670. The number of carbonyl (C=O) groups excluding carboxylic acids is 1. The minimum Gasteiger partial charge on any atom is -0.486 e. The Morgan fingerprint density at radius 2 is 1.63 bits per heavy atom. The van der Waals surface area contributed by atoms with Gasteiger partial charge in [-0.1, -0.05) is 18.2 Å². The Balaban J connectivity index is 1.94. The van der Waals surface area contributed by atoms with E-state index in [1.54, 1.807) is 44.3 Å². The number of benzene rings is 2. The number of hydrogen-bond acceptors (Lipinski definition) is 5. The van der Waals surface area contributed by atoms with E-state index in [-0.39, 0.29) is 5.91 Å². The first-order valence-corrected chi connectivity index (χ1v) is 10.4. The zero-order valence-corrected chi connectivity index (χ0v) is 16.3. The first-order chi connectivity index (χ1) is 12.8. The monoisotopic (exact) mass is 390 g/mol. The summed E-state index contributed by atoms with van der Waals surface area (Å²) >= 11 is 0.